The van der Waals surface area contributed by atoms with Gasteiger partial charge in [0.2, 0.25) is 0 Å². The Bertz CT molecular complexity index is 912. The lowest BCUT2D eigenvalue weighted by Gasteiger charge is -2.26. The molecule has 0 fully saturated rings. The minimum atomic E-state index is -0.865. The number of nitrogens with zero attached hydrogens (tertiary/aromatic N) is 2. The Morgan fingerprint density at radius 3 is 3.04 bits per heavy atom. The van der Waals surface area contributed by atoms with E-state index in [-0.39, 0.29) is 25.1 Å². The molecule has 0 unspecified atom stereocenters. The van der Waals surface area contributed by atoms with Crippen LogP contribution in [-0.2, 0) is 17.7 Å². The number of fused-ring (bicyclic) bond motifs is 1. The van der Waals surface area contributed by atoms with Crippen LogP contribution in [0.2, 0.25) is 0 Å². The molecule has 136 valence electrons. The number of hydrogen-bond acceptors (Lipinski definition) is 6. The van der Waals surface area contributed by atoms with Crippen molar-refractivity contribution in [2.45, 2.75) is 38.0 Å². The van der Waals surface area contributed by atoms with Gasteiger partial charge in [0, 0.05) is 0 Å². The van der Waals surface area contributed by atoms with Crippen LogP contribution in [0.5, 0.6) is 0 Å². The van der Waals surface area contributed by atoms with Crippen molar-refractivity contribution >= 4 is 0 Å². The molecular formula is C19H20N2O5. The molecule has 2 heterocycles. The van der Waals surface area contributed by atoms with Crippen LogP contribution in [0.25, 0.3) is 11.7 Å². The molecule has 0 saturated heterocycles. The average molecular weight is 356 g/mol. The Labute approximate surface area is 149 Å². The number of ether oxygens (including phenoxy) is 1. The van der Waals surface area contributed by atoms with E-state index in [2.05, 4.69) is 17.2 Å². The molecule has 0 radical (unpaired) electrons. The fraction of sp³-hybridized carbons (Fsp3) is 0.368. The fourth-order valence-corrected chi connectivity index (χ4v) is 3.28. The molecule has 0 spiro atoms. The van der Waals surface area contributed by atoms with E-state index in [9.17, 15) is 9.90 Å². The van der Waals surface area contributed by atoms with Gasteiger partial charge in [0.25, 0.3) is 5.89 Å². The van der Waals surface area contributed by atoms with Crippen molar-refractivity contribution < 1.29 is 18.7 Å². The van der Waals surface area contributed by atoms with Crippen molar-refractivity contribution in [3.8, 4) is 11.7 Å². The molecule has 2 atom stereocenters. The summed E-state index contributed by atoms with van der Waals surface area (Å²) in [6.45, 7) is 0.117. The van der Waals surface area contributed by atoms with Gasteiger partial charge in [0.1, 0.15) is 0 Å². The highest BCUT2D eigenvalue weighted by atomic mass is 16.5. The van der Waals surface area contributed by atoms with Crippen LogP contribution in [0.3, 0.4) is 0 Å². The first-order chi connectivity index (χ1) is 12.7. The number of furan rings is 1. The predicted molar refractivity (Wildman–Crippen MR) is 92.5 cm³/mol. The summed E-state index contributed by atoms with van der Waals surface area (Å²) in [5, 5.41) is 14.3. The van der Waals surface area contributed by atoms with Crippen molar-refractivity contribution in [1.82, 2.24) is 9.78 Å². The summed E-state index contributed by atoms with van der Waals surface area (Å²) in [5.74, 6) is -0.182. The van der Waals surface area contributed by atoms with Crippen molar-refractivity contribution in [3.05, 3.63) is 64.3 Å². The highest BCUT2D eigenvalue weighted by Gasteiger charge is 2.22. The van der Waals surface area contributed by atoms with Crippen molar-refractivity contribution in [2.24, 2.45) is 0 Å². The fourth-order valence-electron chi connectivity index (χ4n) is 3.28. The van der Waals surface area contributed by atoms with E-state index >= 15 is 0 Å². The molecule has 1 aliphatic rings. The molecule has 4 rings (SSSR count). The zero-order chi connectivity index (χ0) is 17.9. The molecule has 0 bridgehead atoms. The molecule has 0 aliphatic heterocycles. The van der Waals surface area contributed by atoms with Crippen LogP contribution in [-0.4, -0.2) is 27.6 Å². The number of aromatic nitrogens is 2. The molecule has 1 aliphatic carbocycles. The number of aliphatic hydroxyl groups is 1. The lowest BCUT2D eigenvalue weighted by molar-refractivity contribution is -0.0241. The molecule has 26 heavy (non-hydrogen) atoms. The first-order valence-electron chi connectivity index (χ1n) is 8.70. The molecule has 7 heteroatoms. The first kappa shape index (κ1) is 16.8. The van der Waals surface area contributed by atoms with Crippen LogP contribution in [0.4, 0.5) is 0 Å². The van der Waals surface area contributed by atoms with Gasteiger partial charge in [-0.15, -0.1) is 5.10 Å². The van der Waals surface area contributed by atoms with Crippen LogP contribution < -0.4 is 5.76 Å². The Morgan fingerprint density at radius 1 is 1.31 bits per heavy atom. The summed E-state index contributed by atoms with van der Waals surface area (Å²) in [6, 6.07) is 11.6. The zero-order valence-corrected chi connectivity index (χ0v) is 14.2. The van der Waals surface area contributed by atoms with Gasteiger partial charge in [-0.25, -0.2) is 4.79 Å². The van der Waals surface area contributed by atoms with Gasteiger partial charge < -0.3 is 18.7 Å². The molecule has 7 nitrogen and oxygen atoms in total. The third-order valence-electron chi connectivity index (χ3n) is 4.53. The van der Waals surface area contributed by atoms with Gasteiger partial charge in [-0.2, -0.15) is 4.68 Å². The van der Waals surface area contributed by atoms with E-state index in [1.165, 1.54) is 17.4 Å². The second-order valence-electron chi connectivity index (χ2n) is 6.40. The van der Waals surface area contributed by atoms with Crippen molar-refractivity contribution in [3.63, 3.8) is 0 Å². The third kappa shape index (κ3) is 3.49. The number of aliphatic hydroxyl groups excluding tert-OH is 1. The minimum absolute atomic E-state index is 0.00257. The molecule has 3 aromatic rings. The molecule has 1 aromatic carbocycles. The van der Waals surface area contributed by atoms with E-state index < -0.39 is 11.9 Å². The molecule has 0 saturated carbocycles. The van der Waals surface area contributed by atoms with Crippen LogP contribution in [0, 0.1) is 0 Å². The summed E-state index contributed by atoms with van der Waals surface area (Å²) < 4.78 is 17.2. The van der Waals surface area contributed by atoms with Gasteiger partial charge >= 0.3 is 5.76 Å². The average Bonchev–Trinajstić information content (AvgIpc) is 3.30. The molecule has 1 N–H and O–H groups in total. The molecule has 2 aromatic heterocycles. The first-order valence-corrected chi connectivity index (χ1v) is 8.70. The number of benzene rings is 1. The standard InChI is InChI=1S/C19H20N2O5/c22-14(11-21-19(23)26-18(20-21)17-9-4-10-24-17)12-25-16-8-3-6-13-5-1-2-7-15(13)16/h1-2,4-5,7,9-10,14,16,22H,3,6,8,11-12H2/t14-,16-/m1/s1. The van der Waals surface area contributed by atoms with Gasteiger partial charge in [-0.05, 0) is 42.5 Å². The quantitative estimate of drug-likeness (QED) is 0.730. The second kappa shape index (κ2) is 7.31. The summed E-state index contributed by atoms with van der Waals surface area (Å²) in [7, 11) is 0. The van der Waals surface area contributed by atoms with Gasteiger partial charge in [-0.3, -0.25) is 0 Å². The normalized spacial score (nSPS) is 17.8. The minimum Gasteiger partial charge on any atom is -0.459 e. The Morgan fingerprint density at radius 2 is 2.19 bits per heavy atom. The summed E-state index contributed by atoms with van der Waals surface area (Å²) >= 11 is 0. The largest absolute Gasteiger partial charge is 0.459 e. The van der Waals surface area contributed by atoms with Crippen LogP contribution in [0.1, 0.15) is 30.1 Å². The van der Waals surface area contributed by atoms with Gasteiger partial charge in [-0.1, -0.05) is 24.3 Å². The second-order valence-corrected chi connectivity index (χ2v) is 6.40. The molecule has 0 amide bonds. The SMILES string of the molecule is O=c1oc(-c2ccco2)nn1C[C@@H](O)CO[C@@H]1CCCc2ccccc21. The van der Waals surface area contributed by atoms with E-state index in [1.807, 2.05) is 12.1 Å². The smallest absolute Gasteiger partial charge is 0.437 e. The summed E-state index contributed by atoms with van der Waals surface area (Å²) in [4.78, 5) is 11.9. The summed E-state index contributed by atoms with van der Waals surface area (Å²) in [5.41, 5.74) is 2.48. The van der Waals surface area contributed by atoms with Gasteiger partial charge in [0.15, 0.2) is 5.76 Å². The number of hydrogen-bond donors (Lipinski definition) is 1. The maximum atomic E-state index is 11.9. The van der Waals surface area contributed by atoms with E-state index in [0.29, 0.717) is 5.76 Å². The highest BCUT2D eigenvalue weighted by molar-refractivity contribution is 5.42. The monoisotopic (exact) mass is 356 g/mol. The number of aryl methyl sites for hydroxylation is 1. The van der Waals surface area contributed by atoms with E-state index in [1.54, 1.807) is 12.1 Å². The highest BCUT2D eigenvalue weighted by Crippen LogP contribution is 2.32. The Hall–Kier alpha value is -2.64. The topological polar surface area (TPSA) is 90.6 Å². The summed E-state index contributed by atoms with van der Waals surface area (Å²) in [6.07, 6.45) is 3.63. The Kier molecular flexibility index (Phi) is 4.73. The third-order valence-corrected chi connectivity index (χ3v) is 4.53. The number of rotatable bonds is 6. The van der Waals surface area contributed by atoms with Crippen molar-refractivity contribution in [2.75, 3.05) is 6.61 Å². The van der Waals surface area contributed by atoms with E-state index in [0.717, 1.165) is 23.9 Å². The maximum absolute atomic E-state index is 11.9. The lowest BCUT2D eigenvalue weighted by Crippen LogP contribution is -2.29. The van der Waals surface area contributed by atoms with Crippen LogP contribution in [0.15, 0.2) is 56.3 Å². The lowest BCUT2D eigenvalue weighted by atomic mass is 9.89. The molecular weight excluding hydrogens is 336 g/mol. The maximum Gasteiger partial charge on any atom is 0.437 e. The van der Waals surface area contributed by atoms with Crippen LogP contribution >= 0.6 is 0 Å². The van der Waals surface area contributed by atoms with E-state index in [4.69, 9.17) is 13.6 Å². The predicted octanol–water partition coefficient (Wildman–Crippen LogP) is 2.55. The Balaban J connectivity index is 1.38. The van der Waals surface area contributed by atoms with Gasteiger partial charge in [0.05, 0.1) is 31.6 Å². The zero-order valence-electron chi connectivity index (χ0n) is 14.2. The van der Waals surface area contributed by atoms with Crippen molar-refractivity contribution in [1.29, 1.82) is 0 Å².